The number of aromatic nitrogens is 1. The summed E-state index contributed by atoms with van der Waals surface area (Å²) in [5.74, 6) is 0.0926. The van der Waals surface area contributed by atoms with Crippen molar-refractivity contribution in [2.24, 2.45) is 5.92 Å². The van der Waals surface area contributed by atoms with Crippen molar-refractivity contribution in [2.45, 2.75) is 63.8 Å². The summed E-state index contributed by atoms with van der Waals surface area (Å²) in [4.78, 5) is 4.46. The van der Waals surface area contributed by atoms with E-state index in [0.29, 0.717) is 17.2 Å². The normalized spacial score (nSPS) is 21.9. The number of rotatable bonds is 5. The van der Waals surface area contributed by atoms with Gasteiger partial charge in [-0.15, -0.1) is 0 Å². The van der Waals surface area contributed by atoms with Gasteiger partial charge in [0.2, 0.25) is 0 Å². The van der Waals surface area contributed by atoms with Crippen LogP contribution in [-0.4, -0.2) is 18.9 Å². The van der Waals surface area contributed by atoms with Gasteiger partial charge in [0.05, 0.1) is 11.4 Å². The van der Waals surface area contributed by atoms with Crippen LogP contribution in [0.4, 0.5) is 13.2 Å². The Bertz CT molecular complexity index is 822. The Kier molecular flexibility index (Phi) is 7.31. The van der Waals surface area contributed by atoms with E-state index in [0.717, 1.165) is 38.5 Å². The Morgan fingerprint density at radius 2 is 1.82 bits per heavy atom. The van der Waals surface area contributed by atoms with E-state index >= 15 is 0 Å². The molecule has 1 fully saturated rings. The third kappa shape index (κ3) is 5.37. The largest absolute Gasteiger partial charge is 0.534 e. The first-order valence-electron chi connectivity index (χ1n) is 9.40. The van der Waals surface area contributed by atoms with Crippen LogP contribution in [0.25, 0.3) is 12.2 Å². The van der Waals surface area contributed by atoms with Crippen LogP contribution in [0.1, 0.15) is 75.2 Å². The van der Waals surface area contributed by atoms with E-state index in [-0.39, 0.29) is 17.4 Å². The summed E-state index contributed by atoms with van der Waals surface area (Å²) in [6, 6.07) is 1.31. The minimum Gasteiger partial charge on any atom is -0.374 e. The number of pyridine rings is 1. The van der Waals surface area contributed by atoms with Gasteiger partial charge in [-0.2, -0.15) is 21.6 Å². The Morgan fingerprint density at radius 3 is 2.32 bits per heavy atom. The Labute approximate surface area is 164 Å². The molecule has 0 spiro atoms. The third-order valence-corrected chi connectivity index (χ3v) is 5.95. The number of hydrogen-bond acceptors (Lipinski definition) is 4. The lowest BCUT2D eigenvalue weighted by Gasteiger charge is -2.24. The van der Waals surface area contributed by atoms with E-state index in [1.807, 2.05) is 0 Å². The fraction of sp³-hybridized carbons (Fsp3) is 0.550. The number of halogens is 3. The molecular weight excluding hydrogens is 391 g/mol. The molecule has 0 amide bonds. The molecule has 0 aliphatic heterocycles. The third-order valence-electron chi connectivity index (χ3n) is 4.98. The summed E-state index contributed by atoms with van der Waals surface area (Å²) in [6.07, 6.45) is 10.1. The molecule has 1 heterocycles. The zero-order valence-electron chi connectivity index (χ0n) is 16.1. The molecule has 1 aromatic rings. The van der Waals surface area contributed by atoms with Crippen molar-refractivity contribution in [2.75, 3.05) is 0 Å². The highest BCUT2D eigenvalue weighted by Crippen LogP contribution is 2.39. The van der Waals surface area contributed by atoms with Gasteiger partial charge in [0, 0.05) is 11.5 Å². The maximum Gasteiger partial charge on any atom is 0.534 e. The van der Waals surface area contributed by atoms with Gasteiger partial charge in [-0.05, 0) is 37.8 Å². The van der Waals surface area contributed by atoms with Crippen LogP contribution in [0.2, 0.25) is 0 Å². The lowest BCUT2D eigenvalue weighted by molar-refractivity contribution is -0.0500. The molecule has 8 heteroatoms. The van der Waals surface area contributed by atoms with E-state index in [1.54, 1.807) is 19.1 Å². The summed E-state index contributed by atoms with van der Waals surface area (Å²) < 4.78 is 66.5. The SMILES string of the molecule is C=Cc1nc(C2CCCC(C)CCC2)c(OS(=O)(=O)C(F)(F)F)cc1/C=C\C. The molecule has 1 aliphatic carbocycles. The predicted molar refractivity (Wildman–Crippen MR) is 104 cm³/mol. The highest BCUT2D eigenvalue weighted by molar-refractivity contribution is 7.88. The molecule has 2 rings (SSSR count). The molecule has 4 nitrogen and oxygen atoms in total. The van der Waals surface area contributed by atoms with Crippen molar-refractivity contribution < 1.29 is 25.8 Å². The van der Waals surface area contributed by atoms with Gasteiger partial charge in [0.25, 0.3) is 0 Å². The van der Waals surface area contributed by atoms with Crippen LogP contribution in [0.5, 0.6) is 5.75 Å². The first-order chi connectivity index (χ1) is 13.1. The first-order valence-corrected chi connectivity index (χ1v) is 10.8. The van der Waals surface area contributed by atoms with Crippen molar-refractivity contribution >= 4 is 22.3 Å². The van der Waals surface area contributed by atoms with Crippen LogP contribution in [0.15, 0.2) is 18.7 Å². The maximum absolute atomic E-state index is 12.9. The molecule has 156 valence electrons. The number of nitrogens with zero attached hydrogens (tertiary/aromatic N) is 1. The number of allylic oxidation sites excluding steroid dienone is 1. The zero-order valence-corrected chi connectivity index (χ0v) is 16.9. The minimum absolute atomic E-state index is 0.163. The van der Waals surface area contributed by atoms with Gasteiger partial charge in [0.15, 0.2) is 5.75 Å². The van der Waals surface area contributed by atoms with Gasteiger partial charge in [-0.1, -0.05) is 51.3 Å². The maximum atomic E-state index is 12.9. The first kappa shape index (κ1) is 22.5. The number of hydrogen-bond donors (Lipinski definition) is 0. The molecule has 0 aromatic carbocycles. The van der Waals surface area contributed by atoms with Crippen LogP contribution in [0.3, 0.4) is 0 Å². The van der Waals surface area contributed by atoms with Crippen LogP contribution in [-0.2, 0) is 10.1 Å². The van der Waals surface area contributed by atoms with E-state index in [2.05, 4.69) is 22.7 Å². The monoisotopic (exact) mass is 417 g/mol. The molecule has 1 aromatic heterocycles. The van der Waals surface area contributed by atoms with Crippen LogP contribution in [0, 0.1) is 5.92 Å². The summed E-state index contributed by atoms with van der Waals surface area (Å²) in [5, 5.41) is 0. The summed E-state index contributed by atoms with van der Waals surface area (Å²) in [7, 11) is -5.78. The van der Waals surface area contributed by atoms with E-state index in [1.165, 1.54) is 12.1 Å². The van der Waals surface area contributed by atoms with Gasteiger partial charge in [-0.25, -0.2) is 4.98 Å². The van der Waals surface area contributed by atoms with Crippen molar-refractivity contribution in [1.82, 2.24) is 4.98 Å². The second-order valence-corrected chi connectivity index (χ2v) is 8.74. The van der Waals surface area contributed by atoms with Gasteiger partial charge >= 0.3 is 15.6 Å². The lowest BCUT2D eigenvalue weighted by atomic mass is 9.84. The molecule has 0 saturated heterocycles. The zero-order chi connectivity index (χ0) is 20.9. The summed E-state index contributed by atoms with van der Waals surface area (Å²) in [5.41, 5.74) is -4.31. The Morgan fingerprint density at radius 1 is 1.21 bits per heavy atom. The standard InChI is InChI=1S/C20H26F3NO3S/c1-4-8-16-13-18(27-28(25,26)20(21,22)23)19(24-17(16)5-2)15-11-6-9-14(3)10-7-12-15/h4-5,8,13-15H,2,6-7,9-12H2,1,3H3/b8-4-. The van der Waals surface area contributed by atoms with Crippen LogP contribution < -0.4 is 4.18 Å². The molecule has 1 aliphatic rings. The Balaban J connectivity index is 2.53. The van der Waals surface area contributed by atoms with E-state index < -0.39 is 15.6 Å². The minimum atomic E-state index is -5.78. The average Bonchev–Trinajstić information content (AvgIpc) is 2.57. The fourth-order valence-electron chi connectivity index (χ4n) is 3.53. The van der Waals surface area contributed by atoms with Crippen molar-refractivity contribution in [3.05, 3.63) is 35.7 Å². The topological polar surface area (TPSA) is 56.3 Å². The summed E-state index contributed by atoms with van der Waals surface area (Å²) >= 11 is 0. The van der Waals surface area contributed by atoms with Crippen molar-refractivity contribution in [1.29, 1.82) is 0 Å². The quantitative estimate of drug-likeness (QED) is 0.432. The second kappa shape index (κ2) is 9.11. The molecule has 0 N–H and O–H groups in total. The predicted octanol–water partition coefficient (Wildman–Crippen LogP) is 6.06. The van der Waals surface area contributed by atoms with Gasteiger partial charge in [0.1, 0.15) is 0 Å². The molecule has 0 radical (unpaired) electrons. The fourth-order valence-corrected chi connectivity index (χ4v) is 3.99. The van der Waals surface area contributed by atoms with E-state index in [4.69, 9.17) is 0 Å². The molecule has 0 bridgehead atoms. The van der Waals surface area contributed by atoms with Crippen molar-refractivity contribution in [3.63, 3.8) is 0 Å². The average molecular weight is 417 g/mol. The smallest absolute Gasteiger partial charge is 0.374 e. The van der Waals surface area contributed by atoms with Gasteiger partial charge < -0.3 is 4.18 Å². The van der Waals surface area contributed by atoms with E-state index in [9.17, 15) is 21.6 Å². The van der Waals surface area contributed by atoms with Crippen LogP contribution >= 0.6 is 0 Å². The Hall–Kier alpha value is -1.83. The number of alkyl halides is 3. The second-order valence-electron chi connectivity index (χ2n) is 7.20. The highest BCUT2D eigenvalue weighted by Gasteiger charge is 2.49. The summed E-state index contributed by atoms with van der Waals surface area (Å²) in [6.45, 7) is 7.64. The molecule has 0 unspecified atom stereocenters. The highest BCUT2D eigenvalue weighted by atomic mass is 32.2. The van der Waals surface area contributed by atoms with Crippen molar-refractivity contribution in [3.8, 4) is 5.75 Å². The molecular formula is C20H26F3NO3S. The van der Waals surface area contributed by atoms with Gasteiger partial charge in [-0.3, -0.25) is 0 Å². The molecule has 1 saturated carbocycles. The molecule has 28 heavy (non-hydrogen) atoms. The lowest BCUT2D eigenvalue weighted by Crippen LogP contribution is -2.29. The molecule has 0 atom stereocenters.